The molecule has 1 aliphatic heterocycles. The summed E-state index contributed by atoms with van der Waals surface area (Å²) in [5.41, 5.74) is 1.80. The van der Waals surface area contributed by atoms with Gasteiger partial charge in [0.15, 0.2) is 0 Å². The van der Waals surface area contributed by atoms with E-state index >= 15 is 0 Å². The van der Waals surface area contributed by atoms with Crippen LogP contribution in [0.25, 0.3) is 0 Å². The van der Waals surface area contributed by atoms with Crippen molar-refractivity contribution < 1.29 is 4.79 Å². The molecule has 0 aliphatic carbocycles. The van der Waals surface area contributed by atoms with Crippen LogP contribution >= 0.6 is 11.3 Å². The van der Waals surface area contributed by atoms with Gasteiger partial charge in [0.1, 0.15) is 0 Å². The summed E-state index contributed by atoms with van der Waals surface area (Å²) in [6.07, 6.45) is 0. The van der Waals surface area contributed by atoms with Crippen LogP contribution in [0.15, 0.2) is 41.8 Å². The first-order chi connectivity index (χ1) is 13.5. The van der Waals surface area contributed by atoms with Gasteiger partial charge in [-0.2, -0.15) is 0 Å². The van der Waals surface area contributed by atoms with Crippen molar-refractivity contribution >= 4 is 22.9 Å². The first kappa shape index (κ1) is 20.8. The van der Waals surface area contributed by atoms with Crippen molar-refractivity contribution in [2.24, 2.45) is 0 Å². The molecule has 3 rings (SSSR count). The highest BCUT2D eigenvalue weighted by molar-refractivity contribution is 7.10. The zero-order chi connectivity index (χ0) is 20.1. The minimum Gasteiger partial charge on any atom is -0.378 e. The molecule has 0 bridgehead atoms. The fourth-order valence-electron chi connectivity index (χ4n) is 3.84. The Hall–Kier alpha value is -1.89. The molecule has 1 aliphatic rings. The van der Waals surface area contributed by atoms with Gasteiger partial charge >= 0.3 is 0 Å². The van der Waals surface area contributed by atoms with Crippen LogP contribution in [0.4, 0.5) is 5.69 Å². The topological polar surface area (TPSA) is 38.8 Å². The largest absolute Gasteiger partial charge is 0.378 e. The Labute approximate surface area is 172 Å². The number of carbonyl (C=O) groups excluding carboxylic acids is 1. The predicted octanol–water partition coefficient (Wildman–Crippen LogP) is 3.31. The lowest BCUT2D eigenvalue weighted by Crippen LogP contribution is -2.52. The zero-order valence-electron chi connectivity index (χ0n) is 17.4. The van der Waals surface area contributed by atoms with Gasteiger partial charge in [0.05, 0.1) is 6.04 Å². The normalized spacial score (nSPS) is 17.9. The molecule has 2 atom stereocenters. The number of thiophene rings is 1. The number of rotatable bonds is 7. The van der Waals surface area contributed by atoms with Crippen molar-refractivity contribution in [3.8, 4) is 0 Å². The van der Waals surface area contributed by atoms with E-state index in [0.29, 0.717) is 5.56 Å². The third-order valence-electron chi connectivity index (χ3n) is 5.56. The Balaban J connectivity index is 1.70. The fourth-order valence-corrected chi connectivity index (χ4v) is 4.80. The molecular weight excluding hydrogens is 368 g/mol. The third-order valence-corrected chi connectivity index (χ3v) is 6.50. The van der Waals surface area contributed by atoms with Crippen LogP contribution in [-0.2, 0) is 0 Å². The molecule has 0 saturated carbocycles. The number of nitrogens with one attached hydrogen (secondary N) is 1. The summed E-state index contributed by atoms with van der Waals surface area (Å²) in [5, 5.41) is 5.38. The van der Waals surface area contributed by atoms with Gasteiger partial charge in [0.25, 0.3) is 5.91 Å². The van der Waals surface area contributed by atoms with E-state index in [4.69, 9.17) is 0 Å². The standard InChI is InChI=1S/C22H32N4OS/c1-5-25-12-14-26(15-13-25)21(20-7-6-16-28-20)17(2)23-22(27)18-8-10-19(11-9-18)24(3)4/h6-11,16-17,21H,5,12-15H2,1-4H3,(H,23,27)/t17-,21-/m0/s1. The maximum Gasteiger partial charge on any atom is 0.251 e. The van der Waals surface area contributed by atoms with E-state index in [9.17, 15) is 4.79 Å². The molecule has 0 unspecified atom stereocenters. The molecule has 2 heterocycles. The molecule has 152 valence electrons. The molecule has 0 spiro atoms. The molecule has 1 fully saturated rings. The summed E-state index contributed by atoms with van der Waals surface area (Å²) >= 11 is 1.78. The maximum absolute atomic E-state index is 12.8. The molecule has 1 saturated heterocycles. The molecule has 1 aromatic heterocycles. The molecule has 28 heavy (non-hydrogen) atoms. The van der Waals surface area contributed by atoms with Crippen LogP contribution in [0.1, 0.15) is 35.1 Å². The number of likely N-dealkylation sites (N-methyl/N-ethyl adjacent to an activating group) is 1. The van der Waals surface area contributed by atoms with Gasteiger partial charge in [-0.15, -0.1) is 11.3 Å². The zero-order valence-corrected chi connectivity index (χ0v) is 18.2. The lowest BCUT2D eigenvalue weighted by atomic mass is 10.0. The van der Waals surface area contributed by atoms with Gasteiger partial charge in [-0.3, -0.25) is 9.69 Å². The fraction of sp³-hybridized carbons (Fsp3) is 0.500. The number of benzene rings is 1. The lowest BCUT2D eigenvalue weighted by Gasteiger charge is -2.41. The molecule has 6 heteroatoms. The van der Waals surface area contributed by atoms with Gasteiger partial charge in [-0.25, -0.2) is 0 Å². The van der Waals surface area contributed by atoms with E-state index in [0.717, 1.165) is 38.4 Å². The number of carbonyl (C=O) groups is 1. The molecule has 1 N–H and O–H groups in total. The van der Waals surface area contributed by atoms with Crippen LogP contribution in [0.2, 0.25) is 0 Å². The number of anilines is 1. The van der Waals surface area contributed by atoms with Gasteiger partial charge in [-0.1, -0.05) is 13.0 Å². The SMILES string of the molecule is CCN1CCN([C@H](c2cccs2)[C@H](C)NC(=O)c2ccc(N(C)C)cc2)CC1. The molecule has 5 nitrogen and oxygen atoms in total. The average molecular weight is 401 g/mol. The first-order valence-corrected chi connectivity index (χ1v) is 11.0. The van der Waals surface area contributed by atoms with Crippen molar-refractivity contribution in [1.82, 2.24) is 15.1 Å². The van der Waals surface area contributed by atoms with Crippen molar-refractivity contribution in [3.63, 3.8) is 0 Å². The second-order valence-corrected chi connectivity index (χ2v) is 8.61. The van der Waals surface area contributed by atoms with E-state index in [2.05, 4.69) is 46.5 Å². The summed E-state index contributed by atoms with van der Waals surface area (Å²) in [5.74, 6) is -0.00782. The van der Waals surface area contributed by atoms with Crippen LogP contribution in [0, 0.1) is 0 Å². The number of piperazine rings is 1. The highest BCUT2D eigenvalue weighted by Gasteiger charge is 2.30. The lowest BCUT2D eigenvalue weighted by molar-refractivity contribution is 0.0753. The second-order valence-electron chi connectivity index (χ2n) is 7.63. The number of nitrogens with zero attached hydrogens (tertiary/aromatic N) is 3. The smallest absolute Gasteiger partial charge is 0.251 e. The summed E-state index contributed by atoms with van der Waals surface area (Å²) in [7, 11) is 4.00. The van der Waals surface area contributed by atoms with Gasteiger partial charge in [-0.05, 0) is 49.2 Å². The van der Waals surface area contributed by atoms with Gasteiger partial charge < -0.3 is 15.1 Å². The van der Waals surface area contributed by atoms with E-state index in [1.54, 1.807) is 11.3 Å². The monoisotopic (exact) mass is 400 g/mol. The number of amides is 1. The van der Waals surface area contributed by atoms with Gasteiger partial charge in [0.2, 0.25) is 0 Å². The van der Waals surface area contributed by atoms with Crippen molar-refractivity contribution in [2.75, 3.05) is 51.7 Å². The van der Waals surface area contributed by atoms with E-state index in [1.807, 2.05) is 43.3 Å². The molecular formula is C22H32N4OS. The summed E-state index contributed by atoms with van der Waals surface area (Å²) in [4.78, 5) is 21.2. The third kappa shape index (κ3) is 4.93. The Bertz CT molecular complexity index is 736. The van der Waals surface area contributed by atoms with Crippen molar-refractivity contribution in [3.05, 3.63) is 52.2 Å². The maximum atomic E-state index is 12.8. The first-order valence-electron chi connectivity index (χ1n) is 10.1. The highest BCUT2D eigenvalue weighted by Crippen LogP contribution is 2.29. The average Bonchev–Trinajstić information content (AvgIpc) is 3.23. The summed E-state index contributed by atoms with van der Waals surface area (Å²) < 4.78 is 0. The van der Waals surface area contributed by atoms with Crippen LogP contribution in [-0.4, -0.2) is 68.6 Å². The summed E-state index contributed by atoms with van der Waals surface area (Å²) in [6.45, 7) is 9.70. The Morgan fingerprint density at radius 2 is 1.82 bits per heavy atom. The molecule has 0 radical (unpaired) electrons. The number of hydrogen-bond acceptors (Lipinski definition) is 5. The highest BCUT2D eigenvalue weighted by atomic mass is 32.1. The summed E-state index contributed by atoms with van der Waals surface area (Å²) in [6, 6.07) is 12.3. The Morgan fingerprint density at radius 3 is 2.36 bits per heavy atom. The predicted molar refractivity (Wildman–Crippen MR) is 118 cm³/mol. The van der Waals surface area contributed by atoms with Crippen LogP contribution < -0.4 is 10.2 Å². The molecule has 2 aromatic rings. The van der Waals surface area contributed by atoms with Crippen LogP contribution in [0.5, 0.6) is 0 Å². The van der Waals surface area contributed by atoms with E-state index in [-0.39, 0.29) is 18.0 Å². The minimum atomic E-state index is -0.00782. The van der Waals surface area contributed by atoms with Crippen molar-refractivity contribution in [1.29, 1.82) is 0 Å². The molecule has 1 aromatic carbocycles. The molecule has 1 amide bonds. The Kier molecular flexibility index (Phi) is 7.10. The van der Waals surface area contributed by atoms with Gasteiger partial charge in [0, 0.05) is 62.4 Å². The van der Waals surface area contributed by atoms with Crippen LogP contribution in [0.3, 0.4) is 0 Å². The Morgan fingerprint density at radius 1 is 1.14 bits per heavy atom. The number of hydrogen-bond donors (Lipinski definition) is 1. The quantitative estimate of drug-likeness (QED) is 0.774. The second kappa shape index (κ2) is 9.54. The van der Waals surface area contributed by atoms with E-state index in [1.165, 1.54) is 4.88 Å². The van der Waals surface area contributed by atoms with E-state index < -0.39 is 0 Å². The minimum absolute atomic E-state index is 0.00782. The van der Waals surface area contributed by atoms with Crippen molar-refractivity contribution in [2.45, 2.75) is 25.9 Å².